The van der Waals surface area contributed by atoms with Gasteiger partial charge in [0.2, 0.25) is 0 Å². The van der Waals surface area contributed by atoms with Crippen LogP contribution in [0.2, 0.25) is 0 Å². The molecule has 28 heavy (non-hydrogen) atoms. The second-order valence-corrected chi connectivity index (χ2v) is 8.12. The molecule has 2 aromatic rings. The molecule has 1 aliphatic rings. The number of nitrogens with zero attached hydrogens (tertiary/aromatic N) is 1. The van der Waals surface area contributed by atoms with Crippen LogP contribution in [0.25, 0.3) is 0 Å². The van der Waals surface area contributed by atoms with E-state index in [9.17, 15) is 9.59 Å². The largest absolute Gasteiger partial charge is 0.349 e. The van der Waals surface area contributed by atoms with E-state index >= 15 is 0 Å². The molecule has 0 aliphatic heterocycles. The van der Waals surface area contributed by atoms with E-state index in [-0.39, 0.29) is 18.0 Å². The lowest BCUT2D eigenvalue weighted by atomic mass is 9.95. The standard InChI is InChI=1S/C22H26BrN3O2/c1-26(15-17-7-5-6-10-20(17)23)22(28)25-19-13-11-16(12-14-19)21(27)24-18-8-3-2-4-9-18/h5-7,10-14,18H,2-4,8-9,15H2,1H3,(H,24,27)(H,25,28). The first-order valence-corrected chi connectivity index (χ1v) is 10.5. The number of nitrogens with one attached hydrogen (secondary N) is 2. The van der Waals surface area contributed by atoms with Crippen molar-refractivity contribution in [2.75, 3.05) is 12.4 Å². The third-order valence-corrected chi connectivity index (χ3v) is 5.82. The summed E-state index contributed by atoms with van der Waals surface area (Å²) in [7, 11) is 1.75. The summed E-state index contributed by atoms with van der Waals surface area (Å²) in [6.45, 7) is 0.495. The van der Waals surface area contributed by atoms with Crippen molar-refractivity contribution in [2.45, 2.75) is 44.7 Å². The van der Waals surface area contributed by atoms with Gasteiger partial charge in [-0.2, -0.15) is 0 Å². The zero-order valence-electron chi connectivity index (χ0n) is 16.1. The summed E-state index contributed by atoms with van der Waals surface area (Å²) < 4.78 is 0.975. The molecule has 0 aromatic heterocycles. The normalized spacial score (nSPS) is 14.4. The number of hydrogen-bond acceptors (Lipinski definition) is 2. The quantitative estimate of drug-likeness (QED) is 0.668. The molecule has 0 radical (unpaired) electrons. The highest BCUT2D eigenvalue weighted by atomic mass is 79.9. The van der Waals surface area contributed by atoms with Gasteiger partial charge in [0, 0.05) is 35.4 Å². The molecule has 2 aromatic carbocycles. The molecular weight excluding hydrogens is 418 g/mol. The SMILES string of the molecule is CN(Cc1ccccc1Br)C(=O)Nc1ccc(C(=O)NC2CCCCC2)cc1. The molecule has 0 bridgehead atoms. The molecule has 6 heteroatoms. The zero-order chi connectivity index (χ0) is 19.9. The van der Waals surface area contributed by atoms with Gasteiger partial charge in [-0.05, 0) is 48.7 Å². The Balaban J connectivity index is 1.53. The summed E-state index contributed by atoms with van der Waals surface area (Å²) in [6.07, 6.45) is 5.75. The predicted octanol–water partition coefficient (Wildman–Crippen LogP) is 5.18. The Kier molecular flexibility index (Phi) is 7.09. The smallest absolute Gasteiger partial charge is 0.321 e. The molecule has 1 aliphatic carbocycles. The van der Waals surface area contributed by atoms with Gasteiger partial charge in [-0.1, -0.05) is 53.4 Å². The molecule has 3 rings (SSSR count). The Bertz CT molecular complexity index is 817. The van der Waals surface area contributed by atoms with Crippen molar-refractivity contribution < 1.29 is 9.59 Å². The van der Waals surface area contributed by atoms with Crippen molar-refractivity contribution in [1.29, 1.82) is 0 Å². The maximum absolute atomic E-state index is 12.4. The fourth-order valence-electron chi connectivity index (χ4n) is 3.39. The van der Waals surface area contributed by atoms with Crippen molar-refractivity contribution in [3.8, 4) is 0 Å². The van der Waals surface area contributed by atoms with E-state index in [2.05, 4.69) is 26.6 Å². The second-order valence-electron chi connectivity index (χ2n) is 7.26. The Labute approximate surface area is 174 Å². The van der Waals surface area contributed by atoms with Gasteiger partial charge in [-0.25, -0.2) is 4.79 Å². The topological polar surface area (TPSA) is 61.4 Å². The number of anilines is 1. The third-order valence-electron chi connectivity index (χ3n) is 5.05. The molecule has 0 atom stereocenters. The van der Waals surface area contributed by atoms with Crippen LogP contribution in [0.5, 0.6) is 0 Å². The van der Waals surface area contributed by atoms with Crippen LogP contribution in [0.15, 0.2) is 53.0 Å². The van der Waals surface area contributed by atoms with Gasteiger partial charge in [0.1, 0.15) is 0 Å². The van der Waals surface area contributed by atoms with E-state index in [1.807, 2.05) is 24.3 Å². The van der Waals surface area contributed by atoms with Crippen LogP contribution in [-0.2, 0) is 6.54 Å². The van der Waals surface area contributed by atoms with E-state index in [4.69, 9.17) is 0 Å². The van der Waals surface area contributed by atoms with E-state index in [0.29, 0.717) is 17.8 Å². The Morgan fingerprint density at radius 2 is 1.71 bits per heavy atom. The highest BCUT2D eigenvalue weighted by molar-refractivity contribution is 9.10. The van der Waals surface area contributed by atoms with Crippen LogP contribution in [0.1, 0.15) is 48.0 Å². The minimum absolute atomic E-state index is 0.0455. The van der Waals surface area contributed by atoms with Gasteiger partial charge in [0.05, 0.1) is 0 Å². The Morgan fingerprint density at radius 3 is 2.39 bits per heavy atom. The van der Waals surface area contributed by atoms with Crippen LogP contribution < -0.4 is 10.6 Å². The van der Waals surface area contributed by atoms with Crippen molar-refractivity contribution in [2.24, 2.45) is 0 Å². The average Bonchev–Trinajstić information content (AvgIpc) is 2.71. The van der Waals surface area contributed by atoms with Crippen LogP contribution in [0.3, 0.4) is 0 Å². The summed E-state index contributed by atoms with van der Waals surface area (Å²) >= 11 is 3.50. The Hall–Kier alpha value is -2.34. The first kappa shape index (κ1) is 20.4. The predicted molar refractivity (Wildman–Crippen MR) is 115 cm³/mol. The van der Waals surface area contributed by atoms with Crippen molar-refractivity contribution in [1.82, 2.24) is 10.2 Å². The minimum Gasteiger partial charge on any atom is -0.349 e. The number of halogens is 1. The molecule has 148 valence electrons. The molecule has 0 saturated heterocycles. The molecular formula is C22H26BrN3O2. The van der Waals surface area contributed by atoms with Gasteiger partial charge in [0.15, 0.2) is 0 Å². The number of rotatable bonds is 5. The van der Waals surface area contributed by atoms with Gasteiger partial charge in [-0.15, -0.1) is 0 Å². The number of carbonyl (C=O) groups excluding carboxylic acids is 2. The van der Waals surface area contributed by atoms with Gasteiger partial charge in [0.25, 0.3) is 5.91 Å². The molecule has 1 saturated carbocycles. The maximum Gasteiger partial charge on any atom is 0.321 e. The Morgan fingerprint density at radius 1 is 1.04 bits per heavy atom. The van der Waals surface area contributed by atoms with Gasteiger partial charge >= 0.3 is 6.03 Å². The molecule has 2 N–H and O–H groups in total. The summed E-state index contributed by atoms with van der Waals surface area (Å²) in [6, 6.07) is 14.9. The minimum atomic E-state index is -0.199. The monoisotopic (exact) mass is 443 g/mol. The molecule has 0 spiro atoms. The second kappa shape index (κ2) is 9.73. The number of benzene rings is 2. The maximum atomic E-state index is 12.4. The van der Waals surface area contributed by atoms with Crippen LogP contribution in [0.4, 0.5) is 10.5 Å². The first-order valence-electron chi connectivity index (χ1n) is 9.69. The first-order chi connectivity index (χ1) is 13.5. The summed E-state index contributed by atoms with van der Waals surface area (Å²) in [5.41, 5.74) is 2.32. The molecule has 0 heterocycles. The van der Waals surface area contributed by atoms with Crippen LogP contribution in [-0.4, -0.2) is 29.9 Å². The van der Waals surface area contributed by atoms with Gasteiger partial charge in [-0.3, -0.25) is 4.79 Å². The summed E-state index contributed by atoms with van der Waals surface area (Å²) in [4.78, 5) is 26.4. The van der Waals surface area contributed by atoms with Gasteiger partial charge < -0.3 is 15.5 Å². The number of hydrogen-bond donors (Lipinski definition) is 2. The lowest BCUT2D eigenvalue weighted by Crippen LogP contribution is -2.36. The molecule has 3 amide bonds. The lowest BCUT2D eigenvalue weighted by molar-refractivity contribution is 0.0927. The fourth-order valence-corrected chi connectivity index (χ4v) is 3.80. The van der Waals surface area contributed by atoms with E-state index in [1.165, 1.54) is 19.3 Å². The summed E-state index contributed by atoms with van der Waals surface area (Å²) in [5, 5.41) is 5.98. The molecule has 5 nitrogen and oxygen atoms in total. The van der Waals surface area contributed by atoms with Crippen LogP contribution >= 0.6 is 15.9 Å². The highest BCUT2D eigenvalue weighted by Crippen LogP contribution is 2.19. The van der Waals surface area contributed by atoms with Crippen molar-refractivity contribution in [3.63, 3.8) is 0 Å². The molecule has 0 unspecified atom stereocenters. The number of urea groups is 1. The van der Waals surface area contributed by atoms with Crippen molar-refractivity contribution in [3.05, 3.63) is 64.1 Å². The van der Waals surface area contributed by atoms with Crippen molar-refractivity contribution >= 4 is 33.6 Å². The average molecular weight is 444 g/mol. The number of carbonyl (C=O) groups is 2. The fraction of sp³-hybridized carbons (Fsp3) is 0.364. The lowest BCUT2D eigenvalue weighted by Gasteiger charge is -2.22. The zero-order valence-corrected chi connectivity index (χ0v) is 17.7. The third kappa shape index (κ3) is 5.58. The highest BCUT2D eigenvalue weighted by Gasteiger charge is 2.17. The molecule has 1 fully saturated rings. The van der Waals surface area contributed by atoms with E-state index in [0.717, 1.165) is 22.9 Å². The summed E-state index contributed by atoms with van der Waals surface area (Å²) in [5.74, 6) is -0.0455. The number of amides is 3. The van der Waals surface area contributed by atoms with E-state index < -0.39 is 0 Å². The van der Waals surface area contributed by atoms with E-state index in [1.54, 1.807) is 36.2 Å². The van der Waals surface area contributed by atoms with Crippen LogP contribution in [0, 0.1) is 0 Å².